The molecule has 0 aromatic heterocycles. The van der Waals surface area contributed by atoms with Gasteiger partial charge in [0.2, 0.25) is 0 Å². The molecule has 98 valence electrons. The minimum Gasteiger partial charge on any atom is -0.322 e. The first-order chi connectivity index (χ1) is 9.10. The van der Waals surface area contributed by atoms with Crippen molar-refractivity contribution < 1.29 is 9.18 Å². The van der Waals surface area contributed by atoms with E-state index in [9.17, 15) is 9.18 Å². The molecule has 1 amide bonds. The fourth-order valence-electron chi connectivity index (χ4n) is 1.74. The molecule has 0 fully saturated rings. The van der Waals surface area contributed by atoms with E-state index in [0.29, 0.717) is 10.7 Å². The van der Waals surface area contributed by atoms with Crippen LogP contribution in [0.5, 0.6) is 0 Å². The van der Waals surface area contributed by atoms with Crippen LogP contribution in [-0.2, 0) is 6.42 Å². The molecule has 0 aliphatic heterocycles. The third-order valence-electron chi connectivity index (χ3n) is 2.77. The number of benzene rings is 2. The summed E-state index contributed by atoms with van der Waals surface area (Å²) >= 11 is 5.76. The summed E-state index contributed by atoms with van der Waals surface area (Å²) < 4.78 is 13.5. The Bertz CT molecular complexity index is 613. The molecule has 2 rings (SSSR count). The van der Waals surface area contributed by atoms with Crippen LogP contribution >= 0.6 is 11.6 Å². The van der Waals surface area contributed by atoms with Gasteiger partial charge in [0.1, 0.15) is 5.82 Å². The Morgan fingerprint density at radius 2 is 2.05 bits per heavy atom. The Morgan fingerprint density at radius 3 is 2.79 bits per heavy atom. The second-order valence-electron chi connectivity index (χ2n) is 4.13. The lowest BCUT2D eigenvalue weighted by Crippen LogP contribution is -2.13. The molecule has 19 heavy (non-hydrogen) atoms. The van der Waals surface area contributed by atoms with Gasteiger partial charge in [0, 0.05) is 10.7 Å². The van der Waals surface area contributed by atoms with E-state index in [4.69, 9.17) is 11.6 Å². The van der Waals surface area contributed by atoms with Gasteiger partial charge in [-0.1, -0.05) is 30.7 Å². The number of nitrogens with one attached hydrogen (secondary N) is 1. The van der Waals surface area contributed by atoms with Crippen molar-refractivity contribution in [2.45, 2.75) is 13.3 Å². The van der Waals surface area contributed by atoms with Crippen LogP contribution in [0.25, 0.3) is 0 Å². The summed E-state index contributed by atoms with van der Waals surface area (Å²) in [5.41, 5.74) is 1.68. The Balaban J connectivity index is 2.23. The summed E-state index contributed by atoms with van der Waals surface area (Å²) in [6.07, 6.45) is 0.870. The summed E-state index contributed by atoms with van der Waals surface area (Å²) in [6, 6.07) is 11.3. The molecule has 2 aromatic rings. The summed E-state index contributed by atoms with van der Waals surface area (Å²) in [6.45, 7) is 2.03. The van der Waals surface area contributed by atoms with Crippen LogP contribution in [-0.4, -0.2) is 5.91 Å². The number of hydrogen-bond donors (Lipinski definition) is 1. The van der Waals surface area contributed by atoms with Gasteiger partial charge in [0.15, 0.2) is 0 Å². The van der Waals surface area contributed by atoms with Crippen molar-refractivity contribution in [3.63, 3.8) is 0 Å². The van der Waals surface area contributed by atoms with Crippen molar-refractivity contribution in [1.29, 1.82) is 0 Å². The highest BCUT2D eigenvalue weighted by Gasteiger charge is 2.12. The van der Waals surface area contributed by atoms with Crippen molar-refractivity contribution >= 4 is 23.2 Å². The van der Waals surface area contributed by atoms with Crippen LogP contribution in [0.4, 0.5) is 10.1 Å². The predicted molar refractivity (Wildman–Crippen MR) is 75.2 cm³/mol. The van der Waals surface area contributed by atoms with E-state index >= 15 is 0 Å². The van der Waals surface area contributed by atoms with Gasteiger partial charge in [-0.05, 0) is 42.3 Å². The standard InChI is InChI=1S/C15H13ClFNO/c1-2-10-4-3-5-12(8-10)18-15(19)13-9-11(16)6-7-14(13)17/h3-9H,2H2,1H3,(H,18,19). The molecular weight excluding hydrogens is 265 g/mol. The van der Waals surface area contributed by atoms with Crippen molar-refractivity contribution in [3.8, 4) is 0 Å². The molecule has 0 heterocycles. The minimum absolute atomic E-state index is 0.0607. The lowest BCUT2D eigenvalue weighted by molar-refractivity contribution is 0.102. The van der Waals surface area contributed by atoms with Crippen LogP contribution in [0.3, 0.4) is 0 Å². The van der Waals surface area contributed by atoms with E-state index in [2.05, 4.69) is 5.32 Å². The first kappa shape index (κ1) is 13.6. The number of carbonyl (C=O) groups excluding carboxylic acids is 1. The van der Waals surface area contributed by atoms with E-state index in [1.807, 2.05) is 25.1 Å². The molecule has 0 aliphatic rings. The number of halogens is 2. The van der Waals surface area contributed by atoms with Crippen LogP contribution in [0, 0.1) is 5.82 Å². The first-order valence-electron chi connectivity index (χ1n) is 5.95. The van der Waals surface area contributed by atoms with Gasteiger partial charge in [-0.25, -0.2) is 4.39 Å². The van der Waals surface area contributed by atoms with Gasteiger partial charge in [0.25, 0.3) is 5.91 Å². The number of rotatable bonds is 3. The van der Waals surface area contributed by atoms with Gasteiger partial charge in [-0.3, -0.25) is 4.79 Å². The van der Waals surface area contributed by atoms with E-state index in [0.717, 1.165) is 12.0 Å². The largest absolute Gasteiger partial charge is 0.322 e. The van der Waals surface area contributed by atoms with Gasteiger partial charge in [-0.15, -0.1) is 0 Å². The average molecular weight is 278 g/mol. The topological polar surface area (TPSA) is 29.1 Å². The maximum atomic E-state index is 13.5. The predicted octanol–water partition coefficient (Wildman–Crippen LogP) is 4.29. The number of hydrogen-bond acceptors (Lipinski definition) is 1. The third kappa shape index (κ3) is 3.32. The fraction of sp³-hybridized carbons (Fsp3) is 0.133. The van der Waals surface area contributed by atoms with Gasteiger partial charge < -0.3 is 5.32 Å². The van der Waals surface area contributed by atoms with Crippen molar-refractivity contribution in [1.82, 2.24) is 0 Å². The average Bonchev–Trinajstić information content (AvgIpc) is 2.41. The highest BCUT2D eigenvalue weighted by molar-refractivity contribution is 6.31. The van der Waals surface area contributed by atoms with Gasteiger partial charge in [-0.2, -0.15) is 0 Å². The molecule has 0 saturated heterocycles. The van der Waals surface area contributed by atoms with E-state index in [-0.39, 0.29) is 5.56 Å². The Kier molecular flexibility index (Phi) is 4.17. The van der Waals surface area contributed by atoms with E-state index in [1.54, 1.807) is 6.07 Å². The lowest BCUT2D eigenvalue weighted by atomic mass is 10.1. The SMILES string of the molecule is CCc1cccc(NC(=O)c2cc(Cl)ccc2F)c1. The lowest BCUT2D eigenvalue weighted by Gasteiger charge is -2.07. The zero-order valence-corrected chi connectivity index (χ0v) is 11.2. The molecule has 0 saturated carbocycles. The maximum absolute atomic E-state index is 13.5. The Labute approximate surface area is 116 Å². The third-order valence-corrected chi connectivity index (χ3v) is 3.00. The van der Waals surface area contributed by atoms with Crippen LogP contribution in [0.2, 0.25) is 5.02 Å². The molecule has 1 N–H and O–H groups in total. The molecule has 4 heteroatoms. The molecule has 2 nitrogen and oxygen atoms in total. The molecule has 2 aromatic carbocycles. The van der Waals surface area contributed by atoms with Crippen LogP contribution in [0.15, 0.2) is 42.5 Å². The molecule has 0 bridgehead atoms. The molecule has 0 spiro atoms. The number of aryl methyl sites for hydroxylation is 1. The molecule has 0 unspecified atom stereocenters. The van der Waals surface area contributed by atoms with Crippen molar-refractivity contribution in [2.24, 2.45) is 0 Å². The normalized spacial score (nSPS) is 10.3. The second-order valence-corrected chi connectivity index (χ2v) is 4.57. The van der Waals surface area contributed by atoms with E-state index < -0.39 is 11.7 Å². The van der Waals surface area contributed by atoms with Crippen molar-refractivity contribution in [2.75, 3.05) is 5.32 Å². The minimum atomic E-state index is -0.589. The Morgan fingerprint density at radius 1 is 1.26 bits per heavy atom. The van der Waals surface area contributed by atoms with Crippen LogP contribution in [0.1, 0.15) is 22.8 Å². The number of amides is 1. The maximum Gasteiger partial charge on any atom is 0.258 e. The zero-order valence-electron chi connectivity index (χ0n) is 10.4. The van der Waals surface area contributed by atoms with Crippen molar-refractivity contribution in [3.05, 3.63) is 64.4 Å². The summed E-state index contributed by atoms with van der Waals surface area (Å²) in [7, 11) is 0. The van der Waals surface area contributed by atoms with Gasteiger partial charge >= 0.3 is 0 Å². The summed E-state index contributed by atoms with van der Waals surface area (Å²) in [4.78, 5) is 12.0. The fourth-order valence-corrected chi connectivity index (χ4v) is 1.91. The summed E-state index contributed by atoms with van der Waals surface area (Å²) in [5.74, 6) is -1.10. The quantitative estimate of drug-likeness (QED) is 0.891. The zero-order chi connectivity index (χ0) is 13.8. The second kappa shape index (κ2) is 5.85. The first-order valence-corrected chi connectivity index (χ1v) is 6.33. The summed E-state index contributed by atoms with van der Waals surface area (Å²) in [5, 5.41) is 2.99. The molecule has 0 atom stereocenters. The van der Waals surface area contributed by atoms with Gasteiger partial charge in [0.05, 0.1) is 5.56 Å². The molecular formula is C15H13ClFNO. The van der Waals surface area contributed by atoms with Crippen LogP contribution < -0.4 is 5.32 Å². The highest BCUT2D eigenvalue weighted by atomic mass is 35.5. The number of carbonyl (C=O) groups is 1. The Hall–Kier alpha value is -1.87. The van der Waals surface area contributed by atoms with E-state index in [1.165, 1.54) is 18.2 Å². The molecule has 0 radical (unpaired) electrons. The highest BCUT2D eigenvalue weighted by Crippen LogP contribution is 2.17. The molecule has 0 aliphatic carbocycles. The number of anilines is 1. The monoisotopic (exact) mass is 277 g/mol. The smallest absolute Gasteiger partial charge is 0.258 e.